The van der Waals surface area contributed by atoms with E-state index in [2.05, 4.69) is 26.1 Å². The van der Waals surface area contributed by atoms with E-state index in [0.29, 0.717) is 22.8 Å². The number of aromatic hydroxyl groups is 2. The molecule has 0 aliphatic carbocycles. The van der Waals surface area contributed by atoms with E-state index in [4.69, 9.17) is 18.9 Å². The topological polar surface area (TPSA) is 230 Å². The van der Waals surface area contributed by atoms with Crippen LogP contribution in [0, 0.1) is 12.3 Å². The van der Waals surface area contributed by atoms with Gasteiger partial charge in [-0.2, -0.15) is 5.10 Å². The summed E-state index contributed by atoms with van der Waals surface area (Å²) in [4.78, 5) is 61.3. The molecule has 4 atom stereocenters. The Kier molecular flexibility index (Phi) is 17.8. The van der Waals surface area contributed by atoms with Crippen molar-refractivity contribution >= 4 is 62.6 Å². The van der Waals surface area contributed by atoms with Gasteiger partial charge in [0, 0.05) is 28.6 Å². The van der Waals surface area contributed by atoms with Crippen LogP contribution in [0.15, 0.2) is 126 Å². The molecule has 2 aromatic heterocycles. The van der Waals surface area contributed by atoms with Crippen LogP contribution in [-0.2, 0) is 23.9 Å². The number of aryl methyl sites for hydroxylation is 1. The number of thiazole rings is 1. The first kappa shape index (κ1) is 54.6. The fraction of sp³-hybridized carbons (Fsp3) is 0.298. The third-order valence-corrected chi connectivity index (χ3v) is 14.7. The summed E-state index contributed by atoms with van der Waals surface area (Å²) in [6.07, 6.45) is 0.690. The minimum Gasteiger partial charge on any atom is -0.508 e. The van der Waals surface area contributed by atoms with Crippen LogP contribution in [0.4, 0.5) is 0 Å². The van der Waals surface area contributed by atoms with E-state index in [0.717, 1.165) is 47.8 Å². The highest BCUT2D eigenvalue weighted by Gasteiger charge is 2.44. The Bertz CT molecular complexity index is 3150. The van der Waals surface area contributed by atoms with Crippen molar-refractivity contribution < 1.29 is 53.4 Å². The summed E-state index contributed by atoms with van der Waals surface area (Å²) >= 11 is 3.02. The largest absolute Gasteiger partial charge is 0.508 e. The number of hydrogen-bond donors (Lipinski definition) is 6. The number of aliphatic hydroxyl groups excluding tert-OH is 1. The summed E-state index contributed by atoms with van der Waals surface area (Å²) in [6.45, 7) is 9.74. The van der Waals surface area contributed by atoms with Gasteiger partial charge in [-0.15, -0.1) is 22.7 Å². The average molecular weight is 1070 g/mol. The van der Waals surface area contributed by atoms with Crippen molar-refractivity contribution in [2.45, 2.75) is 65.3 Å². The molecule has 1 fully saturated rings. The summed E-state index contributed by atoms with van der Waals surface area (Å²) in [6, 6.07) is 31.2. The van der Waals surface area contributed by atoms with Crippen molar-refractivity contribution in [1.29, 1.82) is 0 Å². The summed E-state index contributed by atoms with van der Waals surface area (Å²) < 4.78 is 24.1. The number of fused-ring (bicyclic) bond motifs is 1. The molecule has 396 valence electrons. The Balaban J connectivity index is 0.719. The Hall–Kier alpha value is -7.68. The van der Waals surface area contributed by atoms with Gasteiger partial charge in [-0.05, 0) is 133 Å². The first-order chi connectivity index (χ1) is 36.5. The Morgan fingerprint density at radius 3 is 2.17 bits per heavy atom. The maximum atomic E-state index is 14.0. The van der Waals surface area contributed by atoms with Gasteiger partial charge in [0.15, 0.2) is 5.75 Å². The molecular weight excluding hydrogens is 1010 g/mol. The van der Waals surface area contributed by atoms with Gasteiger partial charge in [0.1, 0.15) is 48.3 Å². The second kappa shape index (κ2) is 24.8. The first-order valence-corrected chi connectivity index (χ1v) is 26.3. The smallest absolute Gasteiger partial charge is 0.271 e. The molecule has 0 radical (unpaired) electrons. The van der Waals surface area contributed by atoms with E-state index in [1.165, 1.54) is 22.5 Å². The van der Waals surface area contributed by atoms with Gasteiger partial charge < -0.3 is 49.8 Å². The highest BCUT2D eigenvalue weighted by Crippen LogP contribution is 2.47. The van der Waals surface area contributed by atoms with Gasteiger partial charge in [-0.25, -0.2) is 10.4 Å². The number of carbonyl (C=O) groups excluding carboxylic acids is 4. The predicted molar refractivity (Wildman–Crippen MR) is 292 cm³/mol. The van der Waals surface area contributed by atoms with Crippen molar-refractivity contribution in [3.63, 3.8) is 0 Å². The van der Waals surface area contributed by atoms with Crippen LogP contribution in [0.2, 0.25) is 0 Å². The van der Waals surface area contributed by atoms with Crippen LogP contribution >= 0.6 is 22.7 Å². The van der Waals surface area contributed by atoms with Gasteiger partial charge in [0.05, 0.1) is 59.1 Å². The normalized spacial score (nSPS) is 15.4. The molecule has 4 amide bonds. The SMILES string of the molecule is Cc1ncsc1-c1ccc([C@H](C)NC(=O)[C@@H]2C[C@@H](O)CN2C(=O)[C@@H](NC(=O)COCCOCCOc2ccc(/C=N/NC(=O)c3ccc(Oc4c(-c5ccc(O)cc5)sc5cc(O)ccc45)cc3)cc2)C(C)(C)C)cc1. The van der Waals surface area contributed by atoms with Crippen molar-refractivity contribution in [2.75, 3.05) is 39.6 Å². The lowest BCUT2D eigenvalue weighted by Crippen LogP contribution is -2.58. The molecule has 1 saturated heterocycles. The summed E-state index contributed by atoms with van der Waals surface area (Å²) in [7, 11) is 0. The number of carbonyl (C=O) groups is 4. The fourth-order valence-electron chi connectivity index (χ4n) is 8.46. The molecular formula is C57H60N6O11S2. The third kappa shape index (κ3) is 14.0. The molecule has 6 N–H and O–H groups in total. The van der Waals surface area contributed by atoms with Crippen molar-refractivity contribution in [3.8, 4) is 49.6 Å². The van der Waals surface area contributed by atoms with Gasteiger partial charge in [-0.3, -0.25) is 19.2 Å². The second-order valence-corrected chi connectivity index (χ2v) is 21.2. The molecule has 5 aromatic carbocycles. The molecule has 8 rings (SSSR count). The van der Waals surface area contributed by atoms with Gasteiger partial charge >= 0.3 is 0 Å². The van der Waals surface area contributed by atoms with Crippen LogP contribution in [0.3, 0.4) is 0 Å². The number of likely N-dealkylation sites (tertiary alicyclic amines) is 1. The van der Waals surface area contributed by atoms with Gasteiger partial charge in [-0.1, -0.05) is 45.0 Å². The molecule has 3 heterocycles. The van der Waals surface area contributed by atoms with E-state index >= 15 is 0 Å². The molecule has 0 bridgehead atoms. The number of β-amino-alcohol motifs (C(OH)–C–C–N with tert-alkyl or cyclic N) is 1. The number of rotatable bonds is 21. The Labute approximate surface area is 448 Å². The summed E-state index contributed by atoms with van der Waals surface area (Å²) in [5.41, 5.74) is 8.43. The number of nitrogens with zero attached hydrogens (tertiary/aromatic N) is 3. The van der Waals surface area contributed by atoms with E-state index in [-0.39, 0.29) is 69.4 Å². The van der Waals surface area contributed by atoms with Crippen LogP contribution in [0.1, 0.15) is 67.3 Å². The predicted octanol–water partition coefficient (Wildman–Crippen LogP) is 8.75. The molecule has 0 saturated carbocycles. The second-order valence-electron chi connectivity index (χ2n) is 19.3. The molecule has 0 unspecified atom stereocenters. The maximum absolute atomic E-state index is 14.0. The van der Waals surface area contributed by atoms with Crippen molar-refractivity contribution in [3.05, 3.63) is 143 Å². The minimum absolute atomic E-state index is 0.0386. The van der Waals surface area contributed by atoms with Crippen LogP contribution < -0.4 is 25.5 Å². The Morgan fingerprint density at radius 1 is 0.816 bits per heavy atom. The van der Waals surface area contributed by atoms with Crippen LogP contribution in [-0.4, -0.2) is 113 Å². The number of phenolic OH excluding ortho intramolecular Hbond substituents is 2. The first-order valence-electron chi connectivity index (χ1n) is 24.6. The zero-order valence-corrected chi connectivity index (χ0v) is 44.3. The van der Waals surface area contributed by atoms with E-state index in [1.807, 2.05) is 64.4 Å². The fourth-order valence-corrected chi connectivity index (χ4v) is 10.4. The molecule has 7 aromatic rings. The number of nitrogens with one attached hydrogen (secondary N) is 3. The zero-order chi connectivity index (χ0) is 53.9. The van der Waals surface area contributed by atoms with Crippen LogP contribution in [0.5, 0.6) is 28.7 Å². The zero-order valence-electron chi connectivity index (χ0n) is 42.6. The highest BCUT2D eigenvalue weighted by molar-refractivity contribution is 7.22. The quantitative estimate of drug-likeness (QED) is 0.0225. The Morgan fingerprint density at radius 2 is 1.47 bits per heavy atom. The number of aromatic nitrogens is 1. The molecule has 1 aliphatic heterocycles. The number of amides is 4. The average Bonchev–Trinajstić information content (AvgIpc) is 4.13. The van der Waals surface area contributed by atoms with Crippen molar-refractivity contribution in [1.82, 2.24) is 25.9 Å². The number of hydrogen-bond acceptors (Lipinski definition) is 15. The highest BCUT2D eigenvalue weighted by atomic mass is 32.1. The molecule has 76 heavy (non-hydrogen) atoms. The number of thiophene rings is 1. The minimum atomic E-state index is -0.996. The monoisotopic (exact) mass is 1070 g/mol. The van der Waals surface area contributed by atoms with Crippen LogP contribution in [0.25, 0.3) is 31.0 Å². The number of aliphatic hydroxyl groups is 1. The van der Waals surface area contributed by atoms with Gasteiger partial charge in [0.25, 0.3) is 5.91 Å². The molecule has 19 heteroatoms. The van der Waals surface area contributed by atoms with Crippen molar-refractivity contribution in [2.24, 2.45) is 10.5 Å². The molecule has 1 aliphatic rings. The summed E-state index contributed by atoms with van der Waals surface area (Å²) in [5, 5.41) is 41.2. The standard InChI is InChI=1S/C57H60N6O11S2/c1-34(37-8-10-38(11-9-37)51-35(2)58-33-75-51)60-55(69)47-28-43(66)31-63(47)56(70)53(57(3,4)5)61-49(67)32-72-25-24-71-26-27-73-44-19-6-36(7-20-44)30-59-62-54(68)40-14-21-45(22-15-40)74-50-46-23-18-42(65)29-48(46)76-52(50)39-12-16-41(64)17-13-39/h6-23,29-30,33-34,43,47,53,64-66H,24-28,31-32H2,1-5H3,(H,60,69)(H,61,67)(H,62,68)/b59-30+/t34-,43+,47-,53+/m0/s1. The van der Waals surface area contributed by atoms with E-state index in [9.17, 15) is 34.5 Å². The third-order valence-electron chi connectivity index (χ3n) is 12.5. The van der Waals surface area contributed by atoms with E-state index < -0.39 is 41.3 Å². The van der Waals surface area contributed by atoms with Gasteiger partial charge in [0.2, 0.25) is 17.7 Å². The summed E-state index contributed by atoms with van der Waals surface area (Å²) in [5.74, 6) is 0.207. The molecule has 0 spiro atoms. The number of ether oxygens (including phenoxy) is 4. The number of hydrazone groups is 1. The number of benzene rings is 5. The molecule has 17 nitrogen and oxygen atoms in total. The maximum Gasteiger partial charge on any atom is 0.271 e. The lowest BCUT2D eigenvalue weighted by Gasteiger charge is -2.35. The lowest BCUT2D eigenvalue weighted by atomic mass is 9.85. The number of phenols is 2. The van der Waals surface area contributed by atoms with E-state index in [1.54, 1.807) is 102 Å². The lowest BCUT2D eigenvalue weighted by molar-refractivity contribution is -0.144.